The van der Waals surface area contributed by atoms with E-state index in [1.54, 1.807) is 18.2 Å². The average Bonchev–Trinajstić information content (AvgIpc) is 2.79. The summed E-state index contributed by atoms with van der Waals surface area (Å²) in [5.74, 6) is 0.941. The van der Waals surface area contributed by atoms with Crippen molar-refractivity contribution in [3.63, 3.8) is 0 Å². The van der Waals surface area contributed by atoms with Crippen molar-refractivity contribution in [2.45, 2.75) is 5.88 Å². The van der Waals surface area contributed by atoms with E-state index in [0.717, 1.165) is 21.2 Å². The van der Waals surface area contributed by atoms with Crippen molar-refractivity contribution in [1.82, 2.24) is 9.55 Å². The Kier molecular flexibility index (Phi) is 4.40. The fourth-order valence-electron chi connectivity index (χ4n) is 2.14. The maximum absolute atomic E-state index is 6.13. The molecule has 2 nitrogen and oxygen atoms in total. The van der Waals surface area contributed by atoms with Gasteiger partial charge in [-0.15, -0.1) is 11.6 Å². The van der Waals surface area contributed by atoms with Gasteiger partial charge >= 0.3 is 0 Å². The van der Waals surface area contributed by atoms with Crippen LogP contribution in [0, 0.1) is 0 Å². The fraction of sp³-hybridized carbons (Fsp3) is 0.0714. The monoisotopic (exact) mass is 422 g/mol. The maximum Gasteiger partial charge on any atom is 0.129 e. The van der Waals surface area contributed by atoms with Crippen LogP contribution in [0.2, 0.25) is 15.1 Å². The van der Waals surface area contributed by atoms with Gasteiger partial charge in [-0.3, -0.25) is 4.57 Å². The van der Waals surface area contributed by atoms with E-state index in [-0.39, 0.29) is 5.88 Å². The number of rotatable bonds is 2. The summed E-state index contributed by atoms with van der Waals surface area (Å²) in [5, 5.41) is 1.54. The minimum atomic E-state index is 0.253. The molecule has 1 heterocycles. The van der Waals surface area contributed by atoms with Crippen LogP contribution in [0.25, 0.3) is 16.7 Å². The quantitative estimate of drug-likeness (QED) is 0.430. The van der Waals surface area contributed by atoms with E-state index in [1.807, 2.05) is 16.7 Å². The number of aromatic nitrogens is 2. The SMILES string of the molecule is ClCc1nc2cc(Cl)c(Cl)cc2n1-c1cc(Cl)ccc1Br. The van der Waals surface area contributed by atoms with Crippen molar-refractivity contribution in [2.24, 2.45) is 0 Å². The number of imidazole rings is 1. The summed E-state index contributed by atoms with van der Waals surface area (Å²) in [6.07, 6.45) is 0. The van der Waals surface area contributed by atoms with E-state index >= 15 is 0 Å². The number of hydrogen-bond acceptors (Lipinski definition) is 1. The summed E-state index contributed by atoms with van der Waals surface area (Å²) in [6.45, 7) is 0. The van der Waals surface area contributed by atoms with E-state index in [0.29, 0.717) is 20.9 Å². The number of halogens is 5. The first-order chi connectivity index (χ1) is 10.0. The van der Waals surface area contributed by atoms with Gasteiger partial charge in [-0.25, -0.2) is 4.98 Å². The molecule has 2 aromatic carbocycles. The third-order valence-electron chi connectivity index (χ3n) is 3.03. The molecule has 3 rings (SSSR count). The van der Waals surface area contributed by atoms with Crippen LogP contribution in [0.4, 0.5) is 0 Å². The Morgan fingerprint density at radius 3 is 2.48 bits per heavy atom. The normalized spacial score (nSPS) is 11.3. The Morgan fingerprint density at radius 1 is 1.05 bits per heavy atom. The lowest BCUT2D eigenvalue weighted by atomic mass is 10.2. The number of fused-ring (bicyclic) bond motifs is 1. The molecule has 0 amide bonds. The van der Waals surface area contributed by atoms with Gasteiger partial charge in [-0.2, -0.15) is 0 Å². The van der Waals surface area contributed by atoms with E-state index in [4.69, 9.17) is 46.4 Å². The number of alkyl halides is 1. The Balaban J connectivity index is 2.40. The highest BCUT2D eigenvalue weighted by molar-refractivity contribution is 9.10. The molecule has 0 saturated carbocycles. The van der Waals surface area contributed by atoms with Crippen LogP contribution in [0.1, 0.15) is 5.82 Å². The first-order valence-electron chi connectivity index (χ1n) is 5.89. The second-order valence-electron chi connectivity index (χ2n) is 4.35. The van der Waals surface area contributed by atoms with Crippen molar-refractivity contribution >= 4 is 73.4 Å². The number of benzene rings is 2. The van der Waals surface area contributed by atoms with Crippen molar-refractivity contribution in [3.8, 4) is 5.69 Å². The van der Waals surface area contributed by atoms with Gasteiger partial charge in [-0.1, -0.05) is 34.8 Å². The molecule has 0 bridgehead atoms. The summed E-state index contributed by atoms with van der Waals surface area (Å²) >= 11 is 27.8. The van der Waals surface area contributed by atoms with Crippen LogP contribution in [-0.4, -0.2) is 9.55 Å². The predicted octanol–water partition coefficient (Wildman–Crippen LogP) is 6.49. The number of nitrogens with zero attached hydrogens (tertiary/aromatic N) is 2. The Hall–Kier alpha value is -0.450. The molecule has 1 aromatic heterocycles. The molecule has 0 N–H and O–H groups in total. The fourth-order valence-corrected chi connectivity index (χ4v) is 3.22. The van der Waals surface area contributed by atoms with Crippen molar-refractivity contribution < 1.29 is 0 Å². The van der Waals surface area contributed by atoms with Gasteiger partial charge in [0.2, 0.25) is 0 Å². The zero-order valence-electron chi connectivity index (χ0n) is 10.4. The van der Waals surface area contributed by atoms with Crippen molar-refractivity contribution in [2.75, 3.05) is 0 Å². The molecule has 0 fully saturated rings. The van der Waals surface area contributed by atoms with Gasteiger partial charge in [0.15, 0.2) is 0 Å². The molecule has 7 heteroatoms. The van der Waals surface area contributed by atoms with Crippen LogP contribution < -0.4 is 0 Å². The van der Waals surface area contributed by atoms with Crippen molar-refractivity contribution in [1.29, 1.82) is 0 Å². The van der Waals surface area contributed by atoms with Crippen LogP contribution in [0.15, 0.2) is 34.8 Å². The van der Waals surface area contributed by atoms with Gasteiger partial charge in [0.05, 0.1) is 32.6 Å². The second kappa shape index (κ2) is 5.98. The van der Waals surface area contributed by atoms with E-state index in [2.05, 4.69) is 20.9 Å². The lowest BCUT2D eigenvalue weighted by molar-refractivity contribution is 0.977. The molecule has 108 valence electrons. The second-order valence-corrected chi connectivity index (χ2v) is 6.72. The molecule has 0 atom stereocenters. The Morgan fingerprint density at radius 2 is 1.76 bits per heavy atom. The molecule has 3 aromatic rings. The highest BCUT2D eigenvalue weighted by Crippen LogP contribution is 2.33. The topological polar surface area (TPSA) is 17.8 Å². The molecular formula is C14H7BrCl4N2. The molecule has 0 aliphatic rings. The summed E-state index contributed by atoms with van der Waals surface area (Å²) in [5.41, 5.74) is 2.40. The summed E-state index contributed by atoms with van der Waals surface area (Å²) in [4.78, 5) is 4.50. The van der Waals surface area contributed by atoms with E-state index < -0.39 is 0 Å². The number of hydrogen-bond donors (Lipinski definition) is 0. The van der Waals surface area contributed by atoms with Gasteiger partial charge < -0.3 is 0 Å². The Labute approximate surface area is 149 Å². The van der Waals surface area contributed by atoms with E-state index in [9.17, 15) is 0 Å². The third kappa shape index (κ3) is 2.78. The van der Waals surface area contributed by atoms with Crippen LogP contribution in [-0.2, 0) is 5.88 Å². The summed E-state index contributed by atoms with van der Waals surface area (Å²) in [7, 11) is 0. The van der Waals surface area contributed by atoms with Gasteiger partial charge in [0, 0.05) is 9.50 Å². The van der Waals surface area contributed by atoms with Gasteiger partial charge in [0.1, 0.15) is 5.82 Å². The zero-order valence-corrected chi connectivity index (χ0v) is 15.0. The lowest BCUT2D eigenvalue weighted by Gasteiger charge is -2.11. The molecular weight excluding hydrogens is 418 g/mol. The molecule has 0 unspecified atom stereocenters. The first kappa shape index (κ1) is 15.4. The summed E-state index contributed by atoms with van der Waals surface area (Å²) in [6, 6.07) is 9.02. The van der Waals surface area contributed by atoms with E-state index in [1.165, 1.54) is 0 Å². The molecule has 0 aliphatic carbocycles. The van der Waals surface area contributed by atoms with Crippen LogP contribution >= 0.6 is 62.3 Å². The zero-order chi connectivity index (χ0) is 15.1. The standard InChI is InChI=1S/C14H7BrCl4N2/c15-8-2-1-7(17)3-12(8)21-13-5-10(19)9(18)4-11(13)20-14(21)6-16/h1-5H,6H2. The molecule has 0 radical (unpaired) electrons. The first-order valence-corrected chi connectivity index (χ1v) is 8.35. The smallest absolute Gasteiger partial charge is 0.129 e. The lowest BCUT2D eigenvalue weighted by Crippen LogP contribution is -2.00. The highest BCUT2D eigenvalue weighted by atomic mass is 79.9. The maximum atomic E-state index is 6.13. The minimum Gasteiger partial charge on any atom is -0.294 e. The predicted molar refractivity (Wildman–Crippen MR) is 93.4 cm³/mol. The highest BCUT2D eigenvalue weighted by Gasteiger charge is 2.16. The molecule has 0 aliphatic heterocycles. The Bertz CT molecular complexity index is 845. The molecule has 0 spiro atoms. The van der Waals surface area contributed by atoms with Crippen molar-refractivity contribution in [3.05, 3.63) is 55.7 Å². The minimum absolute atomic E-state index is 0.253. The average molecular weight is 425 g/mol. The van der Waals surface area contributed by atoms with Gasteiger partial charge in [-0.05, 0) is 46.3 Å². The van der Waals surface area contributed by atoms with Crippen LogP contribution in [0.3, 0.4) is 0 Å². The largest absolute Gasteiger partial charge is 0.294 e. The van der Waals surface area contributed by atoms with Crippen LogP contribution in [0.5, 0.6) is 0 Å². The van der Waals surface area contributed by atoms with Gasteiger partial charge in [0.25, 0.3) is 0 Å². The molecule has 21 heavy (non-hydrogen) atoms. The molecule has 0 saturated heterocycles. The third-order valence-corrected chi connectivity index (χ3v) is 4.90. The summed E-state index contributed by atoms with van der Waals surface area (Å²) < 4.78 is 2.80.